The van der Waals surface area contributed by atoms with Crippen LogP contribution >= 0.6 is 11.6 Å². The highest BCUT2D eigenvalue weighted by molar-refractivity contribution is 6.33. The Morgan fingerprint density at radius 3 is 2.78 bits per heavy atom. The Hall–Kier alpha value is -2.77. The van der Waals surface area contributed by atoms with Gasteiger partial charge < -0.3 is 9.88 Å². The molecule has 1 aromatic heterocycles. The minimum atomic E-state index is -0.188. The number of para-hydroxylation sites is 2. The van der Waals surface area contributed by atoms with Gasteiger partial charge in [-0.3, -0.25) is 4.79 Å². The number of nitrogens with zero attached hydrogens (tertiary/aromatic N) is 2. The van der Waals surface area contributed by atoms with Crippen LogP contribution in [0.3, 0.4) is 0 Å². The van der Waals surface area contributed by atoms with Crippen molar-refractivity contribution in [1.29, 1.82) is 5.26 Å². The summed E-state index contributed by atoms with van der Waals surface area (Å²) < 4.78 is 1.77. The number of hydrogen-bond acceptors (Lipinski definition) is 2. The number of carbonyl (C=O) groups excluding carboxylic acids is 1. The van der Waals surface area contributed by atoms with Gasteiger partial charge >= 0.3 is 0 Å². The van der Waals surface area contributed by atoms with E-state index in [1.807, 2.05) is 43.3 Å². The second-order valence-electron chi connectivity index (χ2n) is 5.28. The molecule has 1 amide bonds. The fourth-order valence-corrected chi connectivity index (χ4v) is 2.86. The normalized spacial score (nSPS) is 10.5. The molecule has 3 rings (SSSR count). The average Bonchev–Trinajstić information content (AvgIpc) is 2.89. The third kappa shape index (κ3) is 2.92. The summed E-state index contributed by atoms with van der Waals surface area (Å²) >= 11 is 6.13. The van der Waals surface area contributed by atoms with Gasteiger partial charge in [0, 0.05) is 17.1 Å². The first kappa shape index (κ1) is 15.1. The van der Waals surface area contributed by atoms with Crippen molar-refractivity contribution in [3.8, 4) is 6.07 Å². The summed E-state index contributed by atoms with van der Waals surface area (Å²) in [5, 5.41) is 13.4. The lowest BCUT2D eigenvalue weighted by molar-refractivity contribution is -0.116. The number of rotatable bonds is 3. The summed E-state index contributed by atoms with van der Waals surface area (Å²) in [6.07, 6.45) is 1.70. The monoisotopic (exact) mass is 323 g/mol. The molecular formula is C18H14ClN3O. The van der Waals surface area contributed by atoms with Gasteiger partial charge in [-0.05, 0) is 24.6 Å². The van der Waals surface area contributed by atoms with Crippen molar-refractivity contribution >= 4 is 34.1 Å². The molecule has 0 aliphatic carbocycles. The molecule has 4 nitrogen and oxygen atoms in total. The van der Waals surface area contributed by atoms with Crippen molar-refractivity contribution in [3.05, 3.63) is 64.8 Å². The van der Waals surface area contributed by atoms with Gasteiger partial charge in [0.1, 0.15) is 12.6 Å². The molecule has 0 fully saturated rings. The molecule has 0 saturated carbocycles. The molecule has 0 aliphatic rings. The molecule has 5 heteroatoms. The van der Waals surface area contributed by atoms with E-state index in [2.05, 4.69) is 11.4 Å². The number of benzene rings is 2. The summed E-state index contributed by atoms with van der Waals surface area (Å²) in [5.74, 6) is -0.188. The smallest absolute Gasteiger partial charge is 0.244 e. The summed E-state index contributed by atoms with van der Waals surface area (Å²) in [5.41, 5.74) is 2.94. The molecule has 0 atom stereocenters. The van der Waals surface area contributed by atoms with E-state index in [-0.39, 0.29) is 12.5 Å². The number of halogens is 1. The zero-order valence-corrected chi connectivity index (χ0v) is 13.3. The third-order valence-electron chi connectivity index (χ3n) is 3.71. The molecule has 0 bridgehead atoms. The highest BCUT2D eigenvalue weighted by Crippen LogP contribution is 2.25. The zero-order valence-electron chi connectivity index (χ0n) is 12.5. The minimum Gasteiger partial charge on any atom is -0.337 e. The fourth-order valence-electron chi connectivity index (χ4n) is 2.59. The molecule has 0 radical (unpaired) electrons. The van der Waals surface area contributed by atoms with Crippen LogP contribution in [0.5, 0.6) is 0 Å². The van der Waals surface area contributed by atoms with Crippen LogP contribution in [0.2, 0.25) is 5.02 Å². The Morgan fingerprint density at radius 1 is 1.26 bits per heavy atom. The topological polar surface area (TPSA) is 57.8 Å². The largest absolute Gasteiger partial charge is 0.337 e. The Labute approximate surface area is 138 Å². The fraction of sp³-hybridized carbons (Fsp3) is 0.111. The van der Waals surface area contributed by atoms with E-state index in [1.165, 1.54) is 0 Å². The molecule has 0 unspecified atom stereocenters. The number of nitrogens with one attached hydrogen (secondary N) is 1. The Kier molecular flexibility index (Phi) is 4.05. The summed E-state index contributed by atoms with van der Waals surface area (Å²) in [6.45, 7) is 2.01. The quantitative estimate of drug-likeness (QED) is 0.788. The van der Waals surface area contributed by atoms with Gasteiger partial charge in [0.25, 0.3) is 0 Å². The van der Waals surface area contributed by atoms with Crippen molar-refractivity contribution in [3.63, 3.8) is 0 Å². The van der Waals surface area contributed by atoms with Gasteiger partial charge in [0.15, 0.2) is 0 Å². The molecule has 23 heavy (non-hydrogen) atoms. The Balaban J connectivity index is 1.88. The number of nitriles is 1. The molecule has 0 aliphatic heterocycles. The SMILES string of the molecule is Cc1cccc(Cl)c1NC(=O)Cn1cc(C#N)c2ccccc21. The van der Waals surface area contributed by atoms with E-state index in [4.69, 9.17) is 11.6 Å². The van der Waals surface area contributed by atoms with Crippen molar-refractivity contribution in [2.75, 3.05) is 5.32 Å². The summed E-state index contributed by atoms with van der Waals surface area (Å²) in [7, 11) is 0. The van der Waals surface area contributed by atoms with E-state index in [0.717, 1.165) is 16.5 Å². The summed E-state index contributed by atoms with van der Waals surface area (Å²) in [6, 6.07) is 15.2. The highest BCUT2D eigenvalue weighted by Gasteiger charge is 2.12. The van der Waals surface area contributed by atoms with Crippen LogP contribution in [0, 0.1) is 18.3 Å². The molecule has 3 aromatic rings. The molecule has 114 valence electrons. The van der Waals surface area contributed by atoms with Crippen LogP contribution in [0.15, 0.2) is 48.7 Å². The maximum Gasteiger partial charge on any atom is 0.244 e. The first-order valence-corrected chi connectivity index (χ1v) is 7.51. The number of amides is 1. The molecule has 0 saturated heterocycles. The number of aromatic nitrogens is 1. The van der Waals surface area contributed by atoms with Crippen LogP contribution in [-0.2, 0) is 11.3 Å². The Bertz CT molecular complexity index is 917. The standard InChI is InChI=1S/C18H14ClN3O/c1-12-5-4-7-15(19)18(12)21-17(23)11-22-10-13(9-20)14-6-2-3-8-16(14)22/h2-8,10H,11H2,1H3,(H,21,23). The van der Waals surface area contributed by atoms with E-state index < -0.39 is 0 Å². The van der Waals surface area contributed by atoms with Crippen molar-refractivity contribution in [2.45, 2.75) is 13.5 Å². The Morgan fingerprint density at radius 2 is 2.04 bits per heavy atom. The number of fused-ring (bicyclic) bond motifs is 1. The number of anilines is 1. The van der Waals surface area contributed by atoms with Crippen LogP contribution in [0.1, 0.15) is 11.1 Å². The van der Waals surface area contributed by atoms with Crippen LogP contribution < -0.4 is 5.32 Å². The minimum absolute atomic E-state index is 0.118. The molecule has 1 heterocycles. The lowest BCUT2D eigenvalue weighted by atomic mass is 10.2. The maximum absolute atomic E-state index is 12.4. The van der Waals surface area contributed by atoms with Crippen LogP contribution in [0.25, 0.3) is 10.9 Å². The number of hydrogen-bond donors (Lipinski definition) is 1. The first-order chi connectivity index (χ1) is 11.1. The molecule has 2 aromatic carbocycles. The number of carbonyl (C=O) groups is 1. The van der Waals surface area contributed by atoms with Gasteiger partial charge in [-0.1, -0.05) is 41.9 Å². The van der Waals surface area contributed by atoms with Crippen molar-refractivity contribution < 1.29 is 4.79 Å². The average molecular weight is 324 g/mol. The van der Waals surface area contributed by atoms with Crippen molar-refractivity contribution in [2.24, 2.45) is 0 Å². The van der Waals surface area contributed by atoms with E-state index >= 15 is 0 Å². The predicted octanol–water partition coefficient (Wildman–Crippen LogP) is 4.11. The van der Waals surface area contributed by atoms with E-state index in [1.54, 1.807) is 16.8 Å². The summed E-state index contributed by atoms with van der Waals surface area (Å²) in [4.78, 5) is 12.4. The third-order valence-corrected chi connectivity index (χ3v) is 4.02. The zero-order chi connectivity index (χ0) is 16.4. The van der Waals surface area contributed by atoms with Gasteiger partial charge in [-0.25, -0.2) is 0 Å². The van der Waals surface area contributed by atoms with E-state index in [9.17, 15) is 10.1 Å². The van der Waals surface area contributed by atoms with Crippen molar-refractivity contribution in [1.82, 2.24) is 4.57 Å². The lowest BCUT2D eigenvalue weighted by Gasteiger charge is -2.11. The number of aryl methyl sites for hydroxylation is 1. The maximum atomic E-state index is 12.4. The van der Waals surface area contributed by atoms with E-state index in [0.29, 0.717) is 16.3 Å². The predicted molar refractivity (Wildman–Crippen MR) is 91.5 cm³/mol. The van der Waals surface area contributed by atoms with Gasteiger partial charge in [-0.15, -0.1) is 0 Å². The second-order valence-corrected chi connectivity index (χ2v) is 5.69. The van der Waals surface area contributed by atoms with Gasteiger partial charge in [0.2, 0.25) is 5.91 Å². The first-order valence-electron chi connectivity index (χ1n) is 7.13. The molecular weight excluding hydrogens is 310 g/mol. The van der Waals surface area contributed by atoms with Gasteiger partial charge in [-0.2, -0.15) is 5.26 Å². The van der Waals surface area contributed by atoms with Gasteiger partial charge in [0.05, 0.1) is 16.3 Å². The lowest BCUT2D eigenvalue weighted by Crippen LogP contribution is -2.19. The highest BCUT2D eigenvalue weighted by atomic mass is 35.5. The van der Waals surface area contributed by atoms with Crippen LogP contribution in [0.4, 0.5) is 5.69 Å². The van der Waals surface area contributed by atoms with Crippen LogP contribution in [-0.4, -0.2) is 10.5 Å². The second kappa shape index (κ2) is 6.15. The molecule has 0 spiro atoms. The molecule has 1 N–H and O–H groups in total.